The molecule has 0 spiro atoms. The number of nitrogen functional groups attached to an aromatic ring is 1. The highest BCUT2D eigenvalue weighted by Crippen LogP contribution is 2.19. The lowest BCUT2D eigenvalue weighted by molar-refractivity contribution is 1.11. The average Bonchev–Trinajstić information content (AvgIpc) is 2.83. The first-order chi connectivity index (χ1) is 7.29. The Labute approximate surface area is 88.3 Å². The SMILES string of the molecule is N#Cc1[nH]c(/N=N/c2nccs2)nc1N. The highest BCUT2D eigenvalue weighted by Gasteiger charge is 2.04. The summed E-state index contributed by atoms with van der Waals surface area (Å²) in [5.41, 5.74) is 5.60. The first-order valence-corrected chi connectivity index (χ1v) is 4.74. The van der Waals surface area contributed by atoms with Gasteiger partial charge in [-0.15, -0.1) is 21.6 Å². The Kier molecular flexibility index (Phi) is 2.38. The van der Waals surface area contributed by atoms with Crippen LogP contribution < -0.4 is 5.73 Å². The third-order valence-electron chi connectivity index (χ3n) is 1.48. The molecule has 2 rings (SSSR count). The minimum absolute atomic E-state index is 0.116. The predicted octanol–water partition coefficient (Wildman–Crippen LogP) is 1.74. The van der Waals surface area contributed by atoms with Crippen LogP contribution in [-0.4, -0.2) is 15.0 Å². The van der Waals surface area contributed by atoms with Gasteiger partial charge in [0.25, 0.3) is 0 Å². The van der Waals surface area contributed by atoms with E-state index in [0.29, 0.717) is 5.13 Å². The normalized spacial score (nSPS) is 10.6. The molecule has 0 saturated heterocycles. The molecule has 0 aliphatic heterocycles. The van der Waals surface area contributed by atoms with Crippen LogP contribution in [0, 0.1) is 11.3 Å². The van der Waals surface area contributed by atoms with Crippen LogP contribution in [-0.2, 0) is 0 Å². The third kappa shape index (κ3) is 1.97. The molecule has 15 heavy (non-hydrogen) atoms. The first-order valence-electron chi connectivity index (χ1n) is 3.86. The number of imidazole rings is 1. The van der Waals surface area contributed by atoms with Crippen molar-refractivity contribution in [3.05, 3.63) is 17.3 Å². The van der Waals surface area contributed by atoms with Crippen LogP contribution in [0.2, 0.25) is 0 Å². The van der Waals surface area contributed by atoms with E-state index in [1.807, 2.05) is 6.07 Å². The molecular formula is C7H5N7S. The zero-order chi connectivity index (χ0) is 10.7. The van der Waals surface area contributed by atoms with Gasteiger partial charge in [-0.1, -0.05) is 0 Å². The zero-order valence-corrected chi connectivity index (χ0v) is 8.19. The van der Waals surface area contributed by atoms with Gasteiger partial charge in [0.15, 0.2) is 11.5 Å². The second kappa shape index (κ2) is 3.85. The molecule has 2 heterocycles. The molecule has 0 aromatic carbocycles. The highest BCUT2D eigenvalue weighted by molar-refractivity contribution is 7.13. The summed E-state index contributed by atoms with van der Waals surface area (Å²) in [7, 11) is 0. The van der Waals surface area contributed by atoms with Crippen molar-refractivity contribution in [1.82, 2.24) is 15.0 Å². The van der Waals surface area contributed by atoms with Gasteiger partial charge in [0, 0.05) is 11.6 Å². The summed E-state index contributed by atoms with van der Waals surface area (Å²) in [5.74, 6) is 0.310. The molecule has 0 aliphatic rings. The van der Waals surface area contributed by atoms with Gasteiger partial charge in [0.1, 0.15) is 6.07 Å². The van der Waals surface area contributed by atoms with E-state index in [2.05, 4.69) is 25.2 Å². The monoisotopic (exact) mass is 219 g/mol. The molecule has 0 unspecified atom stereocenters. The number of nitrogens with zero attached hydrogens (tertiary/aromatic N) is 5. The maximum absolute atomic E-state index is 8.60. The van der Waals surface area contributed by atoms with Crippen molar-refractivity contribution in [2.45, 2.75) is 0 Å². The summed E-state index contributed by atoms with van der Waals surface area (Å²) in [6.07, 6.45) is 1.62. The number of H-pyrrole nitrogens is 1. The van der Waals surface area contributed by atoms with Crippen molar-refractivity contribution in [1.29, 1.82) is 5.26 Å². The lowest BCUT2D eigenvalue weighted by Crippen LogP contribution is -1.86. The van der Waals surface area contributed by atoms with E-state index in [-0.39, 0.29) is 17.5 Å². The summed E-state index contributed by atoms with van der Waals surface area (Å²) < 4.78 is 0. The fourth-order valence-corrected chi connectivity index (χ4v) is 1.31. The van der Waals surface area contributed by atoms with Crippen molar-refractivity contribution < 1.29 is 0 Å². The molecule has 0 bridgehead atoms. The summed E-state index contributed by atoms with van der Waals surface area (Å²) in [4.78, 5) is 10.3. The van der Waals surface area contributed by atoms with Crippen LogP contribution in [0.5, 0.6) is 0 Å². The molecule has 7 nitrogen and oxygen atoms in total. The lowest BCUT2D eigenvalue weighted by atomic mass is 10.5. The largest absolute Gasteiger partial charge is 0.381 e. The van der Waals surface area contributed by atoms with Gasteiger partial charge < -0.3 is 10.7 Å². The van der Waals surface area contributed by atoms with Gasteiger partial charge in [-0.2, -0.15) is 10.2 Å². The molecule has 2 aromatic rings. The number of azo groups is 1. The van der Waals surface area contributed by atoms with Crippen molar-refractivity contribution in [2.24, 2.45) is 10.2 Å². The van der Waals surface area contributed by atoms with Crippen molar-refractivity contribution in [3.8, 4) is 6.07 Å². The van der Waals surface area contributed by atoms with Crippen molar-refractivity contribution in [3.63, 3.8) is 0 Å². The molecule has 0 amide bonds. The number of aromatic nitrogens is 3. The fraction of sp³-hybridized carbons (Fsp3) is 0. The topological polar surface area (TPSA) is 116 Å². The van der Waals surface area contributed by atoms with Gasteiger partial charge in [-0.25, -0.2) is 4.98 Å². The van der Waals surface area contributed by atoms with Gasteiger partial charge in [-0.3, -0.25) is 0 Å². The Morgan fingerprint density at radius 3 is 3.00 bits per heavy atom. The summed E-state index contributed by atoms with van der Waals surface area (Å²) in [5, 5.41) is 18.5. The Morgan fingerprint density at radius 1 is 1.53 bits per heavy atom. The standard InChI is InChI=1S/C7H5N7S/c8-3-4-5(9)12-6(11-4)13-14-7-10-1-2-15-7/h1-2H,9H2,(H,11,12)/b14-13+. The predicted molar refractivity (Wildman–Crippen MR) is 54.0 cm³/mol. The van der Waals surface area contributed by atoms with E-state index in [1.54, 1.807) is 11.6 Å². The lowest BCUT2D eigenvalue weighted by Gasteiger charge is -1.80. The minimum atomic E-state index is 0.116. The van der Waals surface area contributed by atoms with Crippen molar-refractivity contribution >= 4 is 28.2 Å². The number of hydrogen-bond donors (Lipinski definition) is 2. The Hall–Kier alpha value is -2.27. The molecule has 2 aromatic heterocycles. The van der Waals surface area contributed by atoms with Crippen LogP contribution in [0.3, 0.4) is 0 Å². The van der Waals surface area contributed by atoms with E-state index in [9.17, 15) is 0 Å². The number of anilines is 1. The smallest absolute Gasteiger partial charge is 0.249 e. The molecule has 0 radical (unpaired) electrons. The number of thiazole rings is 1. The molecular weight excluding hydrogens is 214 g/mol. The molecule has 3 N–H and O–H groups in total. The first kappa shape index (κ1) is 9.29. The molecule has 8 heteroatoms. The number of nitrogens with two attached hydrogens (primary N) is 1. The minimum Gasteiger partial charge on any atom is -0.381 e. The fourth-order valence-electron chi connectivity index (χ4n) is 0.862. The number of nitriles is 1. The van der Waals surface area contributed by atoms with Gasteiger partial charge in [0.05, 0.1) is 0 Å². The number of nitrogens with one attached hydrogen (secondary N) is 1. The molecule has 0 aliphatic carbocycles. The Bertz CT molecular complexity index is 518. The third-order valence-corrected chi connectivity index (χ3v) is 2.14. The van der Waals surface area contributed by atoms with Gasteiger partial charge >= 0.3 is 0 Å². The van der Waals surface area contributed by atoms with Crippen LogP contribution in [0.1, 0.15) is 5.69 Å². The van der Waals surface area contributed by atoms with Crippen LogP contribution in [0.15, 0.2) is 21.8 Å². The molecule has 0 fully saturated rings. The number of rotatable bonds is 2. The zero-order valence-electron chi connectivity index (χ0n) is 7.38. The molecule has 0 saturated carbocycles. The molecule has 74 valence electrons. The number of aromatic amines is 1. The molecule has 0 atom stereocenters. The van der Waals surface area contributed by atoms with Crippen LogP contribution in [0.4, 0.5) is 16.9 Å². The second-order valence-electron chi connectivity index (χ2n) is 2.45. The number of hydrogen-bond acceptors (Lipinski definition) is 7. The Balaban J connectivity index is 2.22. The van der Waals surface area contributed by atoms with Crippen LogP contribution in [0.25, 0.3) is 0 Å². The summed E-state index contributed by atoms with van der Waals surface area (Å²) in [6, 6.07) is 1.85. The summed E-state index contributed by atoms with van der Waals surface area (Å²) >= 11 is 1.35. The van der Waals surface area contributed by atoms with Crippen molar-refractivity contribution in [2.75, 3.05) is 5.73 Å². The second-order valence-corrected chi connectivity index (χ2v) is 3.32. The van der Waals surface area contributed by atoms with Gasteiger partial charge in [-0.05, 0) is 0 Å². The highest BCUT2D eigenvalue weighted by atomic mass is 32.1. The van der Waals surface area contributed by atoms with E-state index in [1.165, 1.54) is 11.3 Å². The maximum Gasteiger partial charge on any atom is 0.249 e. The van der Waals surface area contributed by atoms with E-state index < -0.39 is 0 Å². The van der Waals surface area contributed by atoms with E-state index in [0.717, 1.165) is 0 Å². The quantitative estimate of drug-likeness (QED) is 0.748. The van der Waals surface area contributed by atoms with E-state index >= 15 is 0 Å². The Morgan fingerprint density at radius 2 is 2.40 bits per heavy atom. The van der Waals surface area contributed by atoms with Gasteiger partial charge in [0.2, 0.25) is 11.1 Å². The summed E-state index contributed by atoms with van der Waals surface area (Å²) in [6.45, 7) is 0. The van der Waals surface area contributed by atoms with E-state index in [4.69, 9.17) is 11.0 Å². The average molecular weight is 219 g/mol. The maximum atomic E-state index is 8.60. The van der Waals surface area contributed by atoms with Crippen LogP contribution >= 0.6 is 11.3 Å².